The van der Waals surface area contributed by atoms with Crippen molar-refractivity contribution >= 4 is 0 Å². The first-order valence-electron chi connectivity index (χ1n) is 10.4. The predicted octanol–water partition coefficient (Wildman–Crippen LogP) is 6.43. The van der Waals surface area contributed by atoms with E-state index >= 15 is 0 Å². The van der Waals surface area contributed by atoms with E-state index in [1.807, 2.05) is 0 Å². The molecule has 3 rings (SSSR count). The Morgan fingerprint density at radius 1 is 0.882 bits per heavy atom. The van der Waals surface area contributed by atoms with E-state index in [4.69, 9.17) is 10.5 Å². The highest BCUT2D eigenvalue weighted by molar-refractivity contribution is 5.45. The molecule has 0 aliphatic rings. The molecule has 3 nitrogen and oxygen atoms in total. The summed E-state index contributed by atoms with van der Waals surface area (Å²) in [7, 11) is 0. The Kier molecular flexibility index (Phi) is 7.45. The number of ether oxygens (including phenoxy) is 2. The number of benzene rings is 3. The Bertz CT molecular complexity index is 1120. The van der Waals surface area contributed by atoms with Crippen LogP contribution in [0.1, 0.15) is 30.5 Å². The van der Waals surface area contributed by atoms with Gasteiger partial charge in [0.15, 0.2) is 11.6 Å². The van der Waals surface area contributed by atoms with E-state index in [0.717, 1.165) is 18.2 Å². The average Bonchev–Trinajstić information content (AvgIpc) is 2.74. The van der Waals surface area contributed by atoms with E-state index in [1.165, 1.54) is 12.1 Å². The van der Waals surface area contributed by atoms with Crippen LogP contribution in [-0.4, -0.2) is 18.6 Å². The van der Waals surface area contributed by atoms with Gasteiger partial charge in [-0.3, -0.25) is 0 Å². The largest absolute Gasteiger partial charge is 0.488 e. The second-order valence-corrected chi connectivity index (χ2v) is 8.09. The van der Waals surface area contributed by atoms with Crippen LogP contribution in [0.15, 0.2) is 66.7 Å². The number of rotatable bonds is 9. The quantitative estimate of drug-likeness (QED) is 0.357. The second kappa shape index (κ2) is 9.97. The smallest absolute Gasteiger partial charge is 0.461 e. The minimum atomic E-state index is -4.84. The lowest BCUT2D eigenvalue weighted by atomic mass is 9.78. The fraction of sp³-hybridized carbons (Fsp3) is 0.280. The van der Waals surface area contributed by atoms with Crippen LogP contribution in [0.2, 0.25) is 0 Å². The molecule has 0 heterocycles. The molecule has 0 aliphatic heterocycles. The van der Waals surface area contributed by atoms with Crippen molar-refractivity contribution in [2.75, 3.05) is 0 Å². The Hall–Kier alpha value is -3.20. The highest BCUT2D eigenvalue weighted by Gasteiger charge is 2.44. The third-order valence-corrected chi connectivity index (χ3v) is 5.03. The van der Waals surface area contributed by atoms with E-state index in [0.29, 0.717) is 11.6 Å². The highest BCUT2D eigenvalue weighted by Crippen LogP contribution is 2.37. The highest BCUT2D eigenvalue weighted by atomic mass is 19.3. The first kappa shape index (κ1) is 25.4. The molecule has 0 spiro atoms. The lowest BCUT2D eigenvalue weighted by Gasteiger charge is -2.32. The molecule has 0 bridgehead atoms. The van der Waals surface area contributed by atoms with E-state index in [2.05, 4.69) is 4.74 Å². The Labute approximate surface area is 193 Å². The normalized spacial score (nSPS) is 13.7. The zero-order valence-corrected chi connectivity index (χ0v) is 18.4. The number of halogens is 6. The van der Waals surface area contributed by atoms with Gasteiger partial charge < -0.3 is 15.2 Å². The van der Waals surface area contributed by atoms with Crippen molar-refractivity contribution in [2.45, 2.75) is 44.4 Å². The van der Waals surface area contributed by atoms with Crippen molar-refractivity contribution in [1.82, 2.24) is 0 Å². The monoisotopic (exact) mass is 483 g/mol. The van der Waals surface area contributed by atoms with Gasteiger partial charge in [0.2, 0.25) is 0 Å². The Balaban J connectivity index is 2.13. The van der Waals surface area contributed by atoms with Crippen LogP contribution in [0.25, 0.3) is 0 Å². The first-order chi connectivity index (χ1) is 15.9. The number of alkyl halides is 4. The molecule has 0 saturated carbocycles. The molecule has 34 heavy (non-hydrogen) atoms. The van der Waals surface area contributed by atoms with Crippen molar-refractivity contribution in [3.05, 3.63) is 95.1 Å². The molecule has 9 heteroatoms. The van der Waals surface area contributed by atoms with Gasteiger partial charge in [0.1, 0.15) is 11.6 Å². The standard InChI is InChI=1S/C25H23F6NO2/c1-15(2)33-22-9-8-17(12-21(22)27)24(32,14-16-6-4-3-5-7-16)18-10-19(26)13-20(11-18)34-25(30,31)23(28)29/h3-13,15,23H,14,32H2,1-2H3. The topological polar surface area (TPSA) is 44.5 Å². The predicted molar refractivity (Wildman–Crippen MR) is 115 cm³/mol. The molecule has 1 unspecified atom stereocenters. The van der Waals surface area contributed by atoms with Crippen molar-refractivity contribution in [3.63, 3.8) is 0 Å². The maximum Gasteiger partial charge on any atom is 0.461 e. The fourth-order valence-corrected chi connectivity index (χ4v) is 3.50. The second-order valence-electron chi connectivity index (χ2n) is 8.09. The van der Waals surface area contributed by atoms with Crippen LogP contribution < -0.4 is 15.2 Å². The summed E-state index contributed by atoms with van der Waals surface area (Å²) in [6.07, 6.45) is -9.27. The maximum absolute atomic E-state index is 14.8. The van der Waals surface area contributed by atoms with E-state index in [-0.39, 0.29) is 29.4 Å². The zero-order valence-electron chi connectivity index (χ0n) is 18.4. The van der Waals surface area contributed by atoms with Gasteiger partial charge in [-0.2, -0.15) is 17.6 Å². The Morgan fingerprint density at radius 2 is 1.56 bits per heavy atom. The van der Waals surface area contributed by atoms with Gasteiger partial charge in [-0.15, -0.1) is 0 Å². The lowest BCUT2D eigenvalue weighted by molar-refractivity contribution is -0.253. The summed E-state index contributed by atoms with van der Waals surface area (Å²) in [5, 5.41) is 0. The minimum absolute atomic E-state index is 0.00575. The van der Waals surface area contributed by atoms with Gasteiger partial charge in [-0.05, 0) is 61.2 Å². The molecule has 3 aromatic rings. The van der Waals surface area contributed by atoms with Crippen LogP contribution in [0.5, 0.6) is 11.5 Å². The molecule has 0 aromatic heterocycles. The van der Waals surface area contributed by atoms with Crippen LogP contribution >= 0.6 is 0 Å². The van der Waals surface area contributed by atoms with E-state index < -0.39 is 35.5 Å². The van der Waals surface area contributed by atoms with Crippen molar-refractivity contribution in [2.24, 2.45) is 5.73 Å². The third-order valence-electron chi connectivity index (χ3n) is 5.03. The van der Waals surface area contributed by atoms with Gasteiger partial charge in [0, 0.05) is 6.07 Å². The molecule has 0 radical (unpaired) electrons. The van der Waals surface area contributed by atoms with Gasteiger partial charge >= 0.3 is 12.5 Å². The molecular weight excluding hydrogens is 460 g/mol. The summed E-state index contributed by atoms with van der Waals surface area (Å²) in [6.45, 7) is 3.44. The maximum atomic E-state index is 14.8. The third kappa shape index (κ3) is 5.83. The summed E-state index contributed by atoms with van der Waals surface area (Å²) < 4.78 is 90.9. The van der Waals surface area contributed by atoms with Gasteiger partial charge in [-0.25, -0.2) is 8.78 Å². The van der Waals surface area contributed by atoms with Crippen LogP contribution in [0.3, 0.4) is 0 Å². The molecular formula is C25H23F6NO2. The molecule has 1 atom stereocenters. The summed E-state index contributed by atoms with van der Waals surface area (Å²) in [6, 6.07) is 15.1. The Morgan fingerprint density at radius 3 is 2.15 bits per heavy atom. The minimum Gasteiger partial charge on any atom is -0.488 e. The SMILES string of the molecule is CC(C)Oc1ccc(C(N)(Cc2ccccc2)c2cc(F)cc(OC(F)(F)C(F)F)c2)cc1F. The van der Waals surface area contributed by atoms with Crippen molar-refractivity contribution in [1.29, 1.82) is 0 Å². The average molecular weight is 483 g/mol. The summed E-state index contributed by atoms with van der Waals surface area (Å²) in [5.41, 5.74) is 5.83. The van der Waals surface area contributed by atoms with Gasteiger partial charge in [-0.1, -0.05) is 36.4 Å². The van der Waals surface area contributed by atoms with Crippen molar-refractivity contribution < 1.29 is 35.8 Å². The lowest BCUT2D eigenvalue weighted by Crippen LogP contribution is -2.41. The number of hydrogen-bond donors (Lipinski definition) is 1. The van der Waals surface area contributed by atoms with E-state index in [9.17, 15) is 26.3 Å². The molecule has 0 fully saturated rings. The zero-order chi connectivity index (χ0) is 25.1. The molecule has 0 amide bonds. The number of hydrogen-bond acceptors (Lipinski definition) is 3. The summed E-state index contributed by atoms with van der Waals surface area (Å²) in [5.74, 6) is -2.64. The molecule has 2 N–H and O–H groups in total. The summed E-state index contributed by atoms with van der Waals surface area (Å²) in [4.78, 5) is 0. The van der Waals surface area contributed by atoms with Gasteiger partial charge in [0.25, 0.3) is 0 Å². The molecule has 3 aromatic carbocycles. The van der Waals surface area contributed by atoms with Crippen LogP contribution in [-0.2, 0) is 12.0 Å². The molecule has 182 valence electrons. The first-order valence-corrected chi connectivity index (χ1v) is 10.4. The van der Waals surface area contributed by atoms with E-state index in [1.54, 1.807) is 44.2 Å². The van der Waals surface area contributed by atoms with Crippen molar-refractivity contribution in [3.8, 4) is 11.5 Å². The fourth-order valence-electron chi connectivity index (χ4n) is 3.50. The number of nitrogens with two attached hydrogens (primary N) is 1. The van der Waals surface area contributed by atoms with Gasteiger partial charge in [0.05, 0.1) is 11.6 Å². The van der Waals surface area contributed by atoms with Crippen LogP contribution in [0, 0.1) is 11.6 Å². The summed E-state index contributed by atoms with van der Waals surface area (Å²) >= 11 is 0. The molecule has 0 saturated heterocycles. The molecule has 0 aliphatic carbocycles. The van der Waals surface area contributed by atoms with Crippen LogP contribution in [0.4, 0.5) is 26.3 Å².